The van der Waals surface area contributed by atoms with Crippen LogP contribution >= 0.6 is 0 Å². The standard InChI is InChI=1S/C25H44N4O3.C8H15NO.C3H8.C2H6/c1-18(2)29-16-9-8-12-20(29)22(30)26-21(25(4,5)6)24(32)27(7)17-13-19(3)23(31)28-14-10-11-15-28;1-7-4-3-5-8(2)9(7)6-10;1-3-2;1-2/h13,18,20-21H,8-12,14-17H2,1-7H3,(H,26,30);6-8H,3-5H2,1-2H3;3H2,1-2H3;1-2H3/b19-13+;;;. The maximum atomic E-state index is 13.3. The highest BCUT2D eigenvalue weighted by atomic mass is 16.2. The molecule has 0 aromatic rings. The molecule has 0 aromatic carbocycles. The quantitative estimate of drug-likeness (QED) is 0.232. The van der Waals surface area contributed by atoms with Crippen molar-refractivity contribution in [2.24, 2.45) is 5.41 Å². The van der Waals surface area contributed by atoms with Gasteiger partial charge in [-0.05, 0) is 91.5 Å². The molecule has 47 heavy (non-hydrogen) atoms. The largest absolute Gasteiger partial charge is 0.342 e. The second-order valence-electron chi connectivity index (χ2n) is 14.6. The van der Waals surface area contributed by atoms with Gasteiger partial charge in [0.25, 0.3) is 0 Å². The van der Waals surface area contributed by atoms with Crippen LogP contribution in [0.5, 0.6) is 0 Å². The maximum Gasteiger partial charge on any atom is 0.249 e. The van der Waals surface area contributed by atoms with Gasteiger partial charge < -0.3 is 20.0 Å². The van der Waals surface area contributed by atoms with Crippen LogP contribution in [0.3, 0.4) is 0 Å². The maximum absolute atomic E-state index is 13.3. The molecule has 0 radical (unpaired) electrons. The summed E-state index contributed by atoms with van der Waals surface area (Å²) in [4.78, 5) is 57.2. The number of carbonyl (C=O) groups excluding carboxylic acids is 4. The molecular weight excluding hydrogens is 590 g/mol. The fourth-order valence-corrected chi connectivity index (χ4v) is 6.23. The highest BCUT2D eigenvalue weighted by Gasteiger charge is 2.38. The molecule has 4 unspecified atom stereocenters. The van der Waals surface area contributed by atoms with Gasteiger partial charge in [-0.1, -0.05) is 67.4 Å². The number of rotatable bonds is 8. The first kappa shape index (κ1) is 44.6. The smallest absolute Gasteiger partial charge is 0.249 e. The van der Waals surface area contributed by atoms with Gasteiger partial charge in [-0.3, -0.25) is 24.1 Å². The molecule has 0 aromatic heterocycles. The van der Waals surface area contributed by atoms with Gasteiger partial charge in [0.15, 0.2) is 0 Å². The second-order valence-corrected chi connectivity index (χ2v) is 14.6. The van der Waals surface area contributed by atoms with E-state index in [0.717, 1.165) is 58.1 Å². The van der Waals surface area contributed by atoms with Gasteiger partial charge in [-0.2, -0.15) is 0 Å². The Morgan fingerprint density at radius 1 is 0.894 bits per heavy atom. The number of amides is 4. The molecule has 1 N–H and O–H groups in total. The number of hydrogen-bond acceptors (Lipinski definition) is 5. The van der Waals surface area contributed by atoms with Crippen molar-refractivity contribution in [3.05, 3.63) is 11.6 Å². The molecule has 0 spiro atoms. The molecule has 4 atom stereocenters. The lowest BCUT2D eigenvalue weighted by Crippen LogP contribution is -2.59. The SMILES string of the molecule is C/C(=C\CN(C)C(=O)C(NC(=O)C1CCCCN1C(C)C)C(C)(C)C)C(=O)N1CCCC1.CC.CC1CCCC(C)N1C=O.CCC. The Hall–Kier alpha value is -2.42. The van der Waals surface area contributed by atoms with E-state index in [2.05, 4.69) is 51.8 Å². The molecule has 9 nitrogen and oxygen atoms in total. The molecule has 3 saturated heterocycles. The van der Waals surface area contributed by atoms with Crippen LogP contribution in [-0.4, -0.2) is 107 Å². The molecule has 0 saturated carbocycles. The van der Waals surface area contributed by atoms with Crippen molar-refractivity contribution >= 4 is 24.1 Å². The summed E-state index contributed by atoms with van der Waals surface area (Å²) in [6.45, 7) is 27.3. The topological polar surface area (TPSA) is 93.3 Å². The van der Waals surface area contributed by atoms with Crippen molar-refractivity contribution in [2.75, 3.05) is 33.2 Å². The normalized spacial score (nSPS) is 22.4. The van der Waals surface area contributed by atoms with Gasteiger partial charge in [0.05, 0.1) is 6.04 Å². The first-order valence-corrected chi connectivity index (χ1v) is 18.6. The van der Waals surface area contributed by atoms with Gasteiger partial charge in [-0.25, -0.2) is 0 Å². The fraction of sp³-hybridized carbons (Fsp3) is 0.842. The lowest BCUT2D eigenvalue weighted by Gasteiger charge is -2.40. The van der Waals surface area contributed by atoms with E-state index in [0.29, 0.717) is 30.2 Å². The van der Waals surface area contributed by atoms with E-state index in [1.54, 1.807) is 11.9 Å². The van der Waals surface area contributed by atoms with Crippen LogP contribution in [0.25, 0.3) is 0 Å². The van der Waals surface area contributed by atoms with E-state index in [9.17, 15) is 19.2 Å². The van der Waals surface area contributed by atoms with Crippen molar-refractivity contribution in [1.29, 1.82) is 0 Å². The van der Waals surface area contributed by atoms with E-state index in [1.807, 2.05) is 57.4 Å². The van der Waals surface area contributed by atoms with Crippen molar-refractivity contribution in [3.8, 4) is 0 Å². The number of carbonyl (C=O) groups is 4. The van der Waals surface area contributed by atoms with E-state index < -0.39 is 11.5 Å². The third-order valence-electron chi connectivity index (χ3n) is 9.07. The minimum Gasteiger partial charge on any atom is -0.342 e. The minimum atomic E-state index is -0.626. The number of likely N-dealkylation sites (N-methyl/N-ethyl adjacent to an activating group) is 1. The Morgan fingerprint density at radius 3 is 1.85 bits per heavy atom. The van der Waals surface area contributed by atoms with E-state index in [1.165, 1.54) is 25.7 Å². The molecule has 274 valence electrons. The van der Waals surface area contributed by atoms with E-state index in [4.69, 9.17) is 0 Å². The van der Waals surface area contributed by atoms with Crippen molar-refractivity contribution in [1.82, 2.24) is 24.9 Å². The van der Waals surface area contributed by atoms with Gasteiger partial charge in [0.2, 0.25) is 24.1 Å². The molecule has 3 aliphatic heterocycles. The number of nitrogens with one attached hydrogen (secondary N) is 1. The Balaban J connectivity index is 0.00000117. The zero-order valence-electron chi connectivity index (χ0n) is 32.7. The molecule has 3 heterocycles. The summed E-state index contributed by atoms with van der Waals surface area (Å²) in [5.41, 5.74) is 0.236. The summed E-state index contributed by atoms with van der Waals surface area (Å²) >= 11 is 0. The Kier molecular flexibility index (Phi) is 21.8. The third kappa shape index (κ3) is 15.1. The highest BCUT2D eigenvalue weighted by Crippen LogP contribution is 2.24. The van der Waals surface area contributed by atoms with Gasteiger partial charge in [-0.15, -0.1) is 0 Å². The monoisotopic (exact) mass is 664 g/mol. The fourth-order valence-electron chi connectivity index (χ4n) is 6.23. The summed E-state index contributed by atoms with van der Waals surface area (Å²) in [6, 6.07) is 0.395. The first-order chi connectivity index (χ1) is 22.1. The Bertz CT molecular complexity index is 944. The predicted octanol–water partition coefficient (Wildman–Crippen LogP) is 6.66. The Labute approximate surface area is 289 Å². The average molecular weight is 664 g/mol. The lowest BCUT2D eigenvalue weighted by atomic mass is 9.85. The summed E-state index contributed by atoms with van der Waals surface area (Å²) in [6.07, 6.45) is 12.7. The Morgan fingerprint density at radius 2 is 1.40 bits per heavy atom. The van der Waals surface area contributed by atoms with Crippen LogP contribution in [0.2, 0.25) is 0 Å². The number of likely N-dealkylation sites (tertiary alicyclic amines) is 3. The average Bonchev–Trinajstić information content (AvgIpc) is 3.58. The van der Waals surface area contributed by atoms with Crippen molar-refractivity contribution in [3.63, 3.8) is 0 Å². The first-order valence-electron chi connectivity index (χ1n) is 18.6. The second kappa shape index (κ2) is 23.0. The van der Waals surface area contributed by atoms with Gasteiger partial charge >= 0.3 is 0 Å². The summed E-state index contributed by atoms with van der Waals surface area (Å²) in [5.74, 6) is -0.137. The molecule has 3 rings (SSSR count). The summed E-state index contributed by atoms with van der Waals surface area (Å²) in [5, 5.41) is 3.08. The zero-order valence-corrected chi connectivity index (χ0v) is 32.7. The van der Waals surface area contributed by atoms with Crippen LogP contribution < -0.4 is 5.32 Å². The number of piperidine rings is 2. The minimum absolute atomic E-state index is 0.0510. The molecule has 3 aliphatic rings. The number of nitrogens with zero attached hydrogens (tertiary/aromatic N) is 4. The molecule has 0 aliphatic carbocycles. The van der Waals surface area contributed by atoms with Gasteiger partial charge in [0.1, 0.15) is 6.04 Å². The van der Waals surface area contributed by atoms with Crippen LogP contribution in [0.4, 0.5) is 0 Å². The molecule has 4 amide bonds. The zero-order chi connectivity index (χ0) is 36.3. The predicted molar refractivity (Wildman–Crippen MR) is 196 cm³/mol. The van der Waals surface area contributed by atoms with E-state index >= 15 is 0 Å². The lowest BCUT2D eigenvalue weighted by molar-refractivity contribution is -0.140. The van der Waals surface area contributed by atoms with E-state index in [-0.39, 0.29) is 23.8 Å². The van der Waals surface area contributed by atoms with Gasteiger partial charge in [0, 0.05) is 50.4 Å². The van der Waals surface area contributed by atoms with Crippen LogP contribution in [0.15, 0.2) is 11.6 Å². The van der Waals surface area contributed by atoms with Crippen LogP contribution in [0, 0.1) is 5.41 Å². The van der Waals surface area contributed by atoms with Crippen molar-refractivity contribution < 1.29 is 19.2 Å². The number of hydrogen-bond donors (Lipinski definition) is 1. The van der Waals surface area contributed by atoms with Crippen LogP contribution in [0.1, 0.15) is 141 Å². The molecule has 0 bridgehead atoms. The summed E-state index contributed by atoms with van der Waals surface area (Å²) < 4.78 is 0. The highest BCUT2D eigenvalue weighted by molar-refractivity contribution is 5.93. The van der Waals surface area contributed by atoms with Crippen molar-refractivity contribution in [2.45, 2.75) is 171 Å². The molecule has 3 fully saturated rings. The molecule has 9 heteroatoms. The molecular formula is C38H73N5O4. The summed E-state index contributed by atoms with van der Waals surface area (Å²) in [7, 11) is 1.73. The third-order valence-corrected chi connectivity index (χ3v) is 9.07. The van der Waals surface area contributed by atoms with Crippen LogP contribution in [-0.2, 0) is 19.2 Å².